The highest BCUT2D eigenvalue weighted by atomic mass is 35.5. The quantitative estimate of drug-likeness (QED) is 0.863. The Morgan fingerprint density at radius 1 is 1.14 bits per heavy atom. The van der Waals surface area contributed by atoms with Crippen LogP contribution in [-0.2, 0) is 0 Å². The molecule has 2 aromatic carbocycles. The molecule has 110 valence electrons. The molecular formula is C17H16Cl2O2. The molecule has 0 aromatic heterocycles. The smallest absolute Gasteiger partial charge is 0.122 e. The lowest BCUT2D eigenvalue weighted by molar-refractivity contribution is 0.145. The van der Waals surface area contributed by atoms with Crippen molar-refractivity contribution in [3.63, 3.8) is 0 Å². The molecule has 0 bridgehead atoms. The van der Waals surface area contributed by atoms with Crippen LogP contribution in [0.4, 0.5) is 0 Å². The van der Waals surface area contributed by atoms with Crippen molar-refractivity contribution >= 4 is 23.2 Å². The van der Waals surface area contributed by atoms with Gasteiger partial charge in [0.15, 0.2) is 0 Å². The van der Waals surface area contributed by atoms with Gasteiger partial charge in [-0.25, -0.2) is 0 Å². The Hall–Kier alpha value is -1.22. The van der Waals surface area contributed by atoms with Crippen LogP contribution in [0.15, 0.2) is 42.5 Å². The zero-order chi connectivity index (χ0) is 14.8. The van der Waals surface area contributed by atoms with E-state index in [-0.39, 0.29) is 5.92 Å². The maximum absolute atomic E-state index is 10.5. The number of benzene rings is 2. The standard InChI is InChI=1S/C17H16Cl2O2/c18-14-6-3-5-13(17(14)19)15(20)10-11-8-9-21-16-7-2-1-4-12(11)16/h1-7,11,15,20H,8-10H2. The Bertz CT molecular complexity index is 642. The van der Waals surface area contributed by atoms with E-state index in [4.69, 9.17) is 27.9 Å². The first kappa shape index (κ1) is 14.7. The lowest BCUT2D eigenvalue weighted by atomic mass is 9.86. The highest BCUT2D eigenvalue weighted by Gasteiger charge is 2.25. The minimum Gasteiger partial charge on any atom is -0.493 e. The van der Waals surface area contributed by atoms with Crippen molar-refractivity contribution in [1.82, 2.24) is 0 Å². The number of aliphatic hydroxyl groups excluding tert-OH is 1. The van der Waals surface area contributed by atoms with Crippen LogP contribution in [0.1, 0.15) is 36.0 Å². The number of hydrogen-bond acceptors (Lipinski definition) is 2. The summed E-state index contributed by atoms with van der Waals surface area (Å²) in [7, 11) is 0. The third-order valence-corrected chi connectivity index (χ3v) is 4.76. The lowest BCUT2D eigenvalue weighted by Crippen LogP contribution is -2.16. The van der Waals surface area contributed by atoms with E-state index in [0.29, 0.717) is 28.6 Å². The molecule has 0 saturated heterocycles. The number of rotatable bonds is 3. The van der Waals surface area contributed by atoms with Crippen LogP contribution in [0.3, 0.4) is 0 Å². The molecule has 21 heavy (non-hydrogen) atoms. The second-order valence-corrected chi connectivity index (χ2v) is 6.05. The summed E-state index contributed by atoms with van der Waals surface area (Å²) in [6, 6.07) is 13.4. The molecule has 2 aromatic rings. The van der Waals surface area contributed by atoms with Crippen molar-refractivity contribution in [3.8, 4) is 5.75 Å². The van der Waals surface area contributed by atoms with Gasteiger partial charge in [-0.3, -0.25) is 0 Å². The molecule has 0 radical (unpaired) electrons. The predicted octanol–water partition coefficient (Wildman–Crippen LogP) is 4.98. The number of aliphatic hydroxyl groups is 1. The van der Waals surface area contributed by atoms with Crippen molar-refractivity contribution in [2.75, 3.05) is 6.61 Å². The molecule has 3 rings (SSSR count). The van der Waals surface area contributed by atoms with E-state index in [9.17, 15) is 5.11 Å². The molecule has 1 aliphatic rings. The average Bonchev–Trinajstić information content (AvgIpc) is 2.50. The lowest BCUT2D eigenvalue weighted by Gasteiger charge is -2.27. The van der Waals surface area contributed by atoms with Gasteiger partial charge in [-0.05, 0) is 36.5 Å². The summed E-state index contributed by atoms with van der Waals surface area (Å²) in [5.74, 6) is 1.18. The second-order valence-electron chi connectivity index (χ2n) is 5.27. The Balaban J connectivity index is 1.83. The number of ether oxygens (including phenoxy) is 1. The molecule has 0 fully saturated rings. The van der Waals surface area contributed by atoms with Crippen molar-refractivity contribution in [3.05, 3.63) is 63.6 Å². The van der Waals surface area contributed by atoms with Gasteiger partial charge < -0.3 is 9.84 Å². The van der Waals surface area contributed by atoms with Crippen LogP contribution < -0.4 is 4.74 Å². The summed E-state index contributed by atoms with van der Waals surface area (Å²) in [6.07, 6.45) is 0.875. The summed E-state index contributed by atoms with van der Waals surface area (Å²) in [5, 5.41) is 11.4. The molecule has 0 saturated carbocycles. The maximum Gasteiger partial charge on any atom is 0.122 e. The number of para-hydroxylation sites is 1. The van der Waals surface area contributed by atoms with Gasteiger partial charge in [-0.15, -0.1) is 0 Å². The van der Waals surface area contributed by atoms with Gasteiger partial charge in [0.1, 0.15) is 5.75 Å². The van der Waals surface area contributed by atoms with Gasteiger partial charge in [-0.2, -0.15) is 0 Å². The summed E-state index contributed by atoms with van der Waals surface area (Å²) in [4.78, 5) is 0. The Morgan fingerprint density at radius 2 is 1.95 bits per heavy atom. The molecule has 4 heteroatoms. The number of hydrogen-bond donors (Lipinski definition) is 1. The van der Waals surface area contributed by atoms with Crippen LogP contribution in [0.2, 0.25) is 10.0 Å². The summed E-state index contributed by atoms with van der Waals surface area (Å²) in [5.41, 5.74) is 1.84. The molecule has 2 atom stereocenters. The van der Waals surface area contributed by atoms with E-state index >= 15 is 0 Å². The van der Waals surface area contributed by atoms with E-state index < -0.39 is 6.10 Å². The van der Waals surface area contributed by atoms with Gasteiger partial charge in [0.25, 0.3) is 0 Å². The monoisotopic (exact) mass is 322 g/mol. The van der Waals surface area contributed by atoms with E-state index in [1.165, 1.54) is 0 Å². The minimum absolute atomic E-state index is 0.264. The van der Waals surface area contributed by atoms with Crippen molar-refractivity contribution in [2.24, 2.45) is 0 Å². The first-order valence-electron chi connectivity index (χ1n) is 7.00. The molecule has 2 nitrogen and oxygen atoms in total. The number of halogens is 2. The van der Waals surface area contributed by atoms with Crippen molar-refractivity contribution in [2.45, 2.75) is 24.9 Å². The third kappa shape index (κ3) is 3.03. The van der Waals surface area contributed by atoms with Crippen LogP contribution in [0.25, 0.3) is 0 Å². The Morgan fingerprint density at radius 3 is 2.81 bits per heavy atom. The van der Waals surface area contributed by atoms with E-state index in [2.05, 4.69) is 6.07 Å². The molecule has 1 aliphatic heterocycles. The van der Waals surface area contributed by atoms with Gasteiger partial charge in [-0.1, -0.05) is 53.5 Å². The highest BCUT2D eigenvalue weighted by Crippen LogP contribution is 2.40. The van der Waals surface area contributed by atoms with Crippen molar-refractivity contribution in [1.29, 1.82) is 0 Å². The molecule has 1 heterocycles. The van der Waals surface area contributed by atoms with E-state index in [0.717, 1.165) is 17.7 Å². The average molecular weight is 323 g/mol. The van der Waals surface area contributed by atoms with Gasteiger partial charge in [0.2, 0.25) is 0 Å². The largest absolute Gasteiger partial charge is 0.493 e. The summed E-state index contributed by atoms with van der Waals surface area (Å²) < 4.78 is 5.66. The Labute approximate surface area is 134 Å². The van der Waals surface area contributed by atoms with Crippen LogP contribution >= 0.6 is 23.2 Å². The maximum atomic E-state index is 10.5. The first-order chi connectivity index (χ1) is 10.2. The topological polar surface area (TPSA) is 29.5 Å². The zero-order valence-electron chi connectivity index (χ0n) is 11.4. The van der Waals surface area contributed by atoms with E-state index in [1.807, 2.05) is 30.3 Å². The van der Waals surface area contributed by atoms with Crippen molar-refractivity contribution < 1.29 is 9.84 Å². The normalized spacial score (nSPS) is 18.7. The van der Waals surface area contributed by atoms with Gasteiger partial charge >= 0.3 is 0 Å². The molecule has 2 unspecified atom stereocenters. The summed E-state index contributed by atoms with van der Waals surface area (Å²) >= 11 is 12.2. The zero-order valence-corrected chi connectivity index (χ0v) is 12.9. The third-order valence-electron chi connectivity index (χ3n) is 3.93. The molecule has 1 N–H and O–H groups in total. The van der Waals surface area contributed by atoms with Crippen LogP contribution in [0.5, 0.6) is 5.75 Å². The first-order valence-corrected chi connectivity index (χ1v) is 7.76. The van der Waals surface area contributed by atoms with Crippen LogP contribution in [0, 0.1) is 0 Å². The molecule has 0 spiro atoms. The fourth-order valence-corrected chi connectivity index (χ4v) is 3.27. The van der Waals surface area contributed by atoms with Gasteiger partial charge in [0, 0.05) is 5.56 Å². The van der Waals surface area contributed by atoms with E-state index in [1.54, 1.807) is 6.07 Å². The second kappa shape index (κ2) is 6.27. The Kier molecular flexibility index (Phi) is 4.39. The van der Waals surface area contributed by atoms with Gasteiger partial charge in [0.05, 0.1) is 22.8 Å². The molecule has 0 amide bonds. The number of fused-ring (bicyclic) bond motifs is 1. The fourth-order valence-electron chi connectivity index (χ4n) is 2.84. The SMILES string of the molecule is OC(CC1CCOc2ccccc21)c1cccc(Cl)c1Cl. The minimum atomic E-state index is -0.632. The predicted molar refractivity (Wildman–Crippen MR) is 85.3 cm³/mol. The van der Waals surface area contributed by atoms with Crippen LogP contribution in [-0.4, -0.2) is 11.7 Å². The molecule has 0 aliphatic carbocycles. The highest BCUT2D eigenvalue weighted by molar-refractivity contribution is 6.42. The molecular weight excluding hydrogens is 307 g/mol. The summed E-state index contributed by atoms with van der Waals surface area (Å²) in [6.45, 7) is 0.678. The fraction of sp³-hybridized carbons (Fsp3) is 0.294.